The second-order valence-electron chi connectivity index (χ2n) is 6.58. The number of carbonyl (C=O) groups excluding carboxylic acids is 2. The zero-order valence-electron chi connectivity index (χ0n) is 15.3. The van der Waals surface area contributed by atoms with Gasteiger partial charge >= 0.3 is 0 Å². The largest absolute Gasteiger partial charge is 0.368 e. The number of nitrogens with zero attached hydrogens (tertiary/aromatic N) is 3. The van der Waals surface area contributed by atoms with Gasteiger partial charge in [0.2, 0.25) is 6.41 Å². The van der Waals surface area contributed by atoms with E-state index in [4.69, 9.17) is 0 Å². The minimum atomic E-state index is -0.0348. The van der Waals surface area contributed by atoms with Crippen molar-refractivity contribution in [2.75, 3.05) is 36.4 Å². The van der Waals surface area contributed by atoms with Crippen LogP contribution in [0.1, 0.15) is 10.5 Å². The van der Waals surface area contributed by atoms with Gasteiger partial charge < -0.3 is 20.1 Å². The normalized spacial score (nSPS) is 14.0. The van der Waals surface area contributed by atoms with E-state index < -0.39 is 0 Å². The molecule has 2 heterocycles. The van der Waals surface area contributed by atoms with Crippen molar-refractivity contribution in [3.8, 4) is 11.3 Å². The summed E-state index contributed by atoms with van der Waals surface area (Å²) >= 11 is 0. The Morgan fingerprint density at radius 2 is 1.82 bits per heavy atom. The Balaban J connectivity index is 1.45. The second-order valence-corrected chi connectivity index (χ2v) is 6.58. The average molecular weight is 375 g/mol. The number of aromatic amines is 1. The van der Waals surface area contributed by atoms with Gasteiger partial charge in [-0.1, -0.05) is 36.4 Å². The first-order valence-corrected chi connectivity index (χ1v) is 9.19. The van der Waals surface area contributed by atoms with Crippen molar-refractivity contribution in [2.45, 2.75) is 0 Å². The lowest BCUT2D eigenvalue weighted by molar-refractivity contribution is -0.105. The number of aromatic nitrogens is 2. The fraction of sp³-hybridized carbons (Fsp3) is 0.190. The fourth-order valence-electron chi connectivity index (χ4n) is 3.46. The summed E-state index contributed by atoms with van der Waals surface area (Å²) in [7, 11) is 0. The van der Waals surface area contributed by atoms with Gasteiger partial charge in [-0.05, 0) is 18.2 Å². The van der Waals surface area contributed by atoms with Crippen LogP contribution in [0.2, 0.25) is 0 Å². The Bertz CT molecular complexity index is 962. The molecule has 0 spiro atoms. The lowest BCUT2D eigenvalue weighted by Gasteiger charge is -2.36. The number of anilines is 2. The number of carbonyl (C=O) groups is 2. The minimum Gasteiger partial charge on any atom is -0.368 e. The predicted octanol–water partition coefficient (Wildman–Crippen LogP) is 2.61. The number of piperazine rings is 1. The van der Waals surface area contributed by atoms with Crippen LogP contribution in [-0.2, 0) is 4.79 Å². The number of rotatable bonds is 5. The van der Waals surface area contributed by atoms with Crippen molar-refractivity contribution in [1.29, 1.82) is 0 Å². The third-order valence-electron chi connectivity index (χ3n) is 4.90. The van der Waals surface area contributed by atoms with E-state index in [-0.39, 0.29) is 5.91 Å². The smallest absolute Gasteiger partial charge is 0.272 e. The van der Waals surface area contributed by atoms with Crippen molar-refractivity contribution in [1.82, 2.24) is 14.9 Å². The lowest BCUT2D eigenvalue weighted by Crippen LogP contribution is -2.49. The van der Waals surface area contributed by atoms with Crippen LogP contribution in [0.4, 0.5) is 11.4 Å². The first-order chi connectivity index (χ1) is 13.8. The highest BCUT2D eigenvalue weighted by Crippen LogP contribution is 2.24. The number of amides is 2. The molecule has 7 nitrogen and oxygen atoms in total. The molecule has 0 aliphatic carbocycles. The number of imidazole rings is 1. The van der Waals surface area contributed by atoms with Gasteiger partial charge in [-0.2, -0.15) is 0 Å². The van der Waals surface area contributed by atoms with Crippen LogP contribution in [-0.4, -0.2) is 53.4 Å². The third kappa shape index (κ3) is 3.59. The minimum absolute atomic E-state index is 0.0348. The maximum absolute atomic E-state index is 13.0. The molecule has 0 atom stereocenters. The van der Waals surface area contributed by atoms with E-state index in [0.717, 1.165) is 30.0 Å². The maximum Gasteiger partial charge on any atom is 0.272 e. The molecule has 1 aliphatic heterocycles. The summed E-state index contributed by atoms with van der Waals surface area (Å²) in [5.74, 6) is -0.0348. The molecule has 142 valence electrons. The van der Waals surface area contributed by atoms with E-state index in [0.29, 0.717) is 30.9 Å². The molecule has 4 rings (SSSR count). The van der Waals surface area contributed by atoms with Crippen LogP contribution in [0.5, 0.6) is 0 Å². The molecule has 7 heteroatoms. The van der Waals surface area contributed by atoms with Gasteiger partial charge in [0.15, 0.2) is 0 Å². The number of hydrogen-bond donors (Lipinski definition) is 2. The summed E-state index contributed by atoms with van der Waals surface area (Å²) in [5, 5.41) is 2.67. The summed E-state index contributed by atoms with van der Waals surface area (Å²) in [6.07, 6.45) is 2.24. The summed E-state index contributed by atoms with van der Waals surface area (Å²) < 4.78 is 0. The maximum atomic E-state index is 13.0. The van der Waals surface area contributed by atoms with E-state index in [2.05, 4.69) is 20.2 Å². The molecule has 1 fully saturated rings. The molecule has 3 aromatic rings. The lowest BCUT2D eigenvalue weighted by atomic mass is 10.1. The molecule has 1 aromatic heterocycles. The summed E-state index contributed by atoms with van der Waals surface area (Å²) in [6, 6.07) is 17.4. The molecule has 0 radical (unpaired) electrons. The Labute approximate surface area is 163 Å². The van der Waals surface area contributed by atoms with Gasteiger partial charge in [0.1, 0.15) is 11.4 Å². The monoisotopic (exact) mass is 375 g/mol. The van der Waals surface area contributed by atoms with Gasteiger partial charge in [0, 0.05) is 43.1 Å². The Morgan fingerprint density at radius 3 is 2.57 bits per heavy atom. The Morgan fingerprint density at radius 1 is 1.04 bits per heavy atom. The molecule has 2 aromatic carbocycles. The van der Waals surface area contributed by atoms with Crippen molar-refractivity contribution in [2.24, 2.45) is 0 Å². The highest BCUT2D eigenvalue weighted by molar-refractivity contribution is 5.98. The molecular weight excluding hydrogens is 354 g/mol. The first-order valence-electron chi connectivity index (χ1n) is 9.19. The van der Waals surface area contributed by atoms with E-state index in [1.54, 1.807) is 6.33 Å². The van der Waals surface area contributed by atoms with Crippen LogP contribution in [0.15, 0.2) is 60.9 Å². The summed E-state index contributed by atoms with van der Waals surface area (Å²) in [5.41, 5.74) is 3.92. The van der Waals surface area contributed by atoms with Gasteiger partial charge in [0.05, 0.1) is 6.33 Å². The second kappa shape index (κ2) is 7.96. The SMILES string of the molecule is O=CNc1cccc(N2CCN(C(=O)c3[nH]cnc3-c3ccccc3)CC2)c1. The zero-order valence-corrected chi connectivity index (χ0v) is 15.3. The van der Waals surface area contributed by atoms with Crippen LogP contribution >= 0.6 is 0 Å². The summed E-state index contributed by atoms with van der Waals surface area (Å²) in [4.78, 5) is 35.1. The standard InChI is InChI=1S/C21H21N5O2/c27-15-24-17-7-4-8-18(13-17)25-9-11-26(12-10-25)21(28)20-19(22-14-23-20)16-5-2-1-3-6-16/h1-8,13-15H,9-12H2,(H,22,23)(H,24,27). The van der Waals surface area contributed by atoms with Crippen LogP contribution in [0.25, 0.3) is 11.3 Å². The number of benzene rings is 2. The van der Waals surface area contributed by atoms with Gasteiger partial charge in [-0.3, -0.25) is 9.59 Å². The predicted molar refractivity (Wildman–Crippen MR) is 108 cm³/mol. The van der Waals surface area contributed by atoms with E-state index in [1.165, 1.54) is 0 Å². The Kier molecular flexibility index (Phi) is 5.05. The molecule has 1 saturated heterocycles. The topological polar surface area (TPSA) is 81.3 Å². The zero-order chi connectivity index (χ0) is 19.3. The van der Waals surface area contributed by atoms with Gasteiger partial charge in [-0.15, -0.1) is 0 Å². The van der Waals surface area contributed by atoms with Crippen molar-refractivity contribution < 1.29 is 9.59 Å². The molecule has 1 aliphatic rings. The number of nitrogens with one attached hydrogen (secondary N) is 2. The highest BCUT2D eigenvalue weighted by atomic mass is 16.2. The molecular formula is C21H21N5O2. The van der Waals surface area contributed by atoms with Crippen molar-refractivity contribution >= 4 is 23.7 Å². The van der Waals surface area contributed by atoms with Crippen LogP contribution < -0.4 is 10.2 Å². The van der Waals surface area contributed by atoms with Gasteiger partial charge in [-0.25, -0.2) is 4.98 Å². The van der Waals surface area contributed by atoms with E-state index in [9.17, 15) is 9.59 Å². The van der Waals surface area contributed by atoms with E-state index >= 15 is 0 Å². The first kappa shape index (κ1) is 17.8. The quantitative estimate of drug-likeness (QED) is 0.672. The molecule has 0 unspecified atom stereocenters. The van der Waals surface area contributed by atoms with Crippen molar-refractivity contribution in [3.05, 3.63) is 66.6 Å². The summed E-state index contributed by atoms with van der Waals surface area (Å²) in [6.45, 7) is 2.70. The third-order valence-corrected chi connectivity index (χ3v) is 4.90. The number of hydrogen-bond acceptors (Lipinski definition) is 4. The fourth-order valence-corrected chi connectivity index (χ4v) is 3.46. The van der Waals surface area contributed by atoms with Crippen molar-refractivity contribution in [3.63, 3.8) is 0 Å². The van der Waals surface area contributed by atoms with Crippen LogP contribution in [0, 0.1) is 0 Å². The molecule has 2 amide bonds. The average Bonchev–Trinajstić information content (AvgIpc) is 3.24. The molecule has 28 heavy (non-hydrogen) atoms. The van der Waals surface area contributed by atoms with E-state index in [1.807, 2.05) is 59.5 Å². The number of H-pyrrole nitrogens is 1. The van der Waals surface area contributed by atoms with Crippen LogP contribution in [0.3, 0.4) is 0 Å². The van der Waals surface area contributed by atoms with Gasteiger partial charge in [0.25, 0.3) is 5.91 Å². The Hall–Kier alpha value is -3.61. The molecule has 2 N–H and O–H groups in total. The highest BCUT2D eigenvalue weighted by Gasteiger charge is 2.25. The molecule has 0 saturated carbocycles. The molecule has 0 bridgehead atoms.